The van der Waals surface area contributed by atoms with Crippen LogP contribution in [0.2, 0.25) is 5.02 Å². The molecular formula is C21H19ClN2O4S. The molecule has 8 heteroatoms. The fraction of sp³-hybridized carbons (Fsp3) is 0.190. The number of anilines is 1. The Labute approximate surface area is 178 Å². The maximum Gasteiger partial charge on any atom is 0.339 e. The predicted octanol–water partition coefficient (Wildman–Crippen LogP) is 5.09. The first-order valence-electron chi connectivity index (χ1n) is 8.87. The van der Waals surface area contributed by atoms with Crippen molar-refractivity contribution in [2.45, 2.75) is 26.9 Å². The van der Waals surface area contributed by atoms with Crippen molar-refractivity contribution >= 4 is 57.5 Å². The third-order valence-corrected chi connectivity index (χ3v) is 4.60. The van der Waals surface area contributed by atoms with E-state index in [1.54, 1.807) is 32.0 Å². The number of thiocarbonyl (C=S) groups is 1. The van der Waals surface area contributed by atoms with Crippen molar-refractivity contribution in [1.29, 1.82) is 0 Å². The second-order valence-corrected chi connectivity index (χ2v) is 7.42. The quantitative estimate of drug-likeness (QED) is 0.443. The highest BCUT2D eigenvalue weighted by Gasteiger charge is 2.19. The van der Waals surface area contributed by atoms with Gasteiger partial charge in [0.05, 0.1) is 16.7 Å². The van der Waals surface area contributed by atoms with Gasteiger partial charge in [-0.15, -0.1) is 0 Å². The number of carbonyl (C=O) groups excluding carboxylic acids is 2. The van der Waals surface area contributed by atoms with E-state index in [0.29, 0.717) is 11.3 Å². The molecule has 0 aliphatic rings. The summed E-state index contributed by atoms with van der Waals surface area (Å²) in [4.78, 5) is 24.7. The minimum Gasteiger partial charge on any atom is -0.459 e. The minimum atomic E-state index is -0.540. The van der Waals surface area contributed by atoms with Gasteiger partial charge in [-0.1, -0.05) is 29.8 Å². The van der Waals surface area contributed by atoms with Crippen LogP contribution < -0.4 is 10.6 Å². The molecule has 1 heterocycles. The summed E-state index contributed by atoms with van der Waals surface area (Å²) in [6, 6.07) is 12.1. The molecule has 29 heavy (non-hydrogen) atoms. The molecule has 0 fully saturated rings. The minimum absolute atomic E-state index is 0.0559. The van der Waals surface area contributed by atoms with E-state index in [9.17, 15) is 9.59 Å². The normalized spacial score (nSPS) is 10.8. The fourth-order valence-electron chi connectivity index (χ4n) is 2.75. The number of hydrogen-bond donors (Lipinski definition) is 2. The van der Waals surface area contributed by atoms with Crippen molar-refractivity contribution < 1.29 is 18.7 Å². The summed E-state index contributed by atoms with van der Waals surface area (Å²) in [6.07, 6.45) is -0.275. The van der Waals surface area contributed by atoms with E-state index in [4.69, 9.17) is 33.0 Å². The van der Waals surface area contributed by atoms with Crippen LogP contribution in [0.25, 0.3) is 11.0 Å². The van der Waals surface area contributed by atoms with Gasteiger partial charge in [-0.25, -0.2) is 4.79 Å². The number of nitrogens with one attached hydrogen (secondary N) is 2. The molecule has 2 aromatic carbocycles. The number of fused-ring (bicyclic) bond motifs is 1. The monoisotopic (exact) mass is 430 g/mol. The Morgan fingerprint density at radius 2 is 1.90 bits per heavy atom. The van der Waals surface area contributed by atoms with Crippen molar-refractivity contribution in [3.8, 4) is 0 Å². The number of hydrogen-bond acceptors (Lipinski definition) is 5. The van der Waals surface area contributed by atoms with Gasteiger partial charge in [0.2, 0.25) is 0 Å². The van der Waals surface area contributed by atoms with Crippen LogP contribution in [0, 0.1) is 6.92 Å². The van der Waals surface area contributed by atoms with E-state index in [1.165, 1.54) is 6.07 Å². The third kappa shape index (κ3) is 4.75. The van der Waals surface area contributed by atoms with E-state index < -0.39 is 11.9 Å². The van der Waals surface area contributed by atoms with E-state index in [-0.39, 0.29) is 27.6 Å². The molecule has 2 N–H and O–H groups in total. The Kier molecular flexibility index (Phi) is 6.20. The van der Waals surface area contributed by atoms with Crippen LogP contribution in [0.4, 0.5) is 5.69 Å². The third-order valence-electron chi connectivity index (χ3n) is 4.06. The van der Waals surface area contributed by atoms with Crippen LogP contribution in [0.3, 0.4) is 0 Å². The molecule has 0 saturated carbocycles. The van der Waals surface area contributed by atoms with Crippen molar-refractivity contribution in [2.24, 2.45) is 0 Å². The number of halogens is 1. The van der Waals surface area contributed by atoms with Crippen molar-refractivity contribution in [3.63, 3.8) is 0 Å². The highest BCUT2D eigenvalue weighted by Crippen LogP contribution is 2.25. The number of carbonyl (C=O) groups is 2. The first kappa shape index (κ1) is 20.8. The van der Waals surface area contributed by atoms with Gasteiger partial charge in [0.1, 0.15) is 5.58 Å². The number of para-hydroxylation sites is 1. The molecule has 0 spiro atoms. The highest BCUT2D eigenvalue weighted by atomic mass is 35.5. The molecular weight excluding hydrogens is 412 g/mol. The van der Waals surface area contributed by atoms with Crippen LogP contribution in [0.5, 0.6) is 0 Å². The molecule has 0 atom stereocenters. The lowest BCUT2D eigenvalue weighted by molar-refractivity contribution is 0.0378. The molecule has 1 aromatic heterocycles. The highest BCUT2D eigenvalue weighted by molar-refractivity contribution is 7.80. The summed E-state index contributed by atoms with van der Waals surface area (Å²) in [5.74, 6) is -0.821. The van der Waals surface area contributed by atoms with E-state index in [1.807, 2.05) is 25.1 Å². The lowest BCUT2D eigenvalue weighted by Crippen LogP contribution is -2.34. The Balaban J connectivity index is 1.72. The molecule has 3 rings (SSSR count). The molecule has 0 saturated heterocycles. The molecule has 1 amide bonds. The molecule has 150 valence electrons. The number of amides is 1. The summed E-state index contributed by atoms with van der Waals surface area (Å²) < 4.78 is 10.8. The number of aryl methyl sites for hydroxylation is 1. The van der Waals surface area contributed by atoms with Crippen molar-refractivity contribution in [3.05, 3.63) is 64.4 Å². The van der Waals surface area contributed by atoms with Crippen LogP contribution in [-0.2, 0) is 4.74 Å². The topological polar surface area (TPSA) is 80.6 Å². The first-order valence-corrected chi connectivity index (χ1v) is 9.66. The molecule has 0 radical (unpaired) electrons. The number of esters is 1. The smallest absolute Gasteiger partial charge is 0.339 e. The number of ether oxygens (including phenoxy) is 1. The summed E-state index contributed by atoms with van der Waals surface area (Å²) in [5.41, 5.74) is 2.04. The van der Waals surface area contributed by atoms with Crippen LogP contribution in [0.1, 0.15) is 40.3 Å². The second-order valence-electron chi connectivity index (χ2n) is 6.61. The van der Waals surface area contributed by atoms with Gasteiger partial charge in [0, 0.05) is 16.6 Å². The zero-order valence-electron chi connectivity index (χ0n) is 16.0. The Bertz CT molecular complexity index is 1110. The maximum atomic E-state index is 12.6. The van der Waals surface area contributed by atoms with E-state index >= 15 is 0 Å². The van der Waals surface area contributed by atoms with Gasteiger partial charge in [-0.05, 0) is 57.3 Å². The second kappa shape index (κ2) is 8.63. The summed E-state index contributed by atoms with van der Waals surface area (Å²) in [6.45, 7) is 5.31. The van der Waals surface area contributed by atoms with Crippen LogP contribution >= 0.6 is 23.8 Å². The van der Waals surface area contributed by atoms with Crippen molar-refractivity contribution in [1.82, 2.24) is 5.32 Å². The average Bonchev–Trinajstić information content (AvgIpc) is 3.00. The zero-order valence-corrected chi connectivity index (χ0v) is 17.6. The van der Waals surface area contributed by atoms with Gasteiger partial charge in [-0.2, -0.15) is 0 Å². The SMILES string of the molecule is Cc1c(C(=O)NC(=S)Nc2ccc(Cl)c(C(=O)OC(C)C)c2)oc2ccccc12. The standard InChI is InChI=1S/C21H19ClN2O4S/c1-11(2)27-20(26)15-10-13(8-9-16(15)22)23-21(29)24-19(25)18-12(3)14-6-4-5-7-17(14)28-18/h4-11H,1-3H3,(H2,23,24,25,29). The summed E-state index contributed by atoms with van der Waals surface area (Å²) >= 11 is 11.3. The predicted molar refractivity (Wildman–Crippen MR) is 117 cm³/mol. The average molecular weight is 431 g/mol. The molecule has 0 unspecified atom stereocenters. The molecule has 0 aliphatic carbocycles. The Morgan fingerprint density at radius 1 is 1.17 bits per heavy atom. The summed E-state index contributed by atoms with van der Waals surface area (Å²) in [7, 11) is 0. The lowest BCUT2D eigenvalue weighted by atomic mass is 10.1. The van der Waals surface area contributed by atoms with Gasteiger partial charge in [-0.3, -0.25) is 10.1 Å². The van der Waals surface area contributed by atoms with Gasteiger partial charge in [0.25, 0.3) is 5.91 Å². The van der Waals surface area contributed by atoms with Gasteiger partial charge >= 0.3 is 5.97 Å². The summed E-state index contributed by atoms with van der Waals surface area (Å²) in [5, 5.41) is 6.62. The molecule has 0 bridgehead atoms. The van der Waals surface area contributed by atoms with Crippen LogP contribution in [0.15, 0.2) is 46.9 Å². The Hall–Kier alpha value is -2.90. The number of rotatable bonds is 4. The van der Waals surface area contributed by atoms with E-state index in [0.717, 1.165) is 10.9 Å². The van der Waals surface area contributed by atoms with Gasteiger partial charge < -0.3 is 14.5 Å². The molecule has 3 aromatic rings. The van der Waals surface area contributed by atoms with E-state index in [2.05, 4.69) is 10.6 Å². The Morgan fingerprint density at radius 3 is 2.59 bits per heavy atom. The van der Waals surface area contributed by atoms with Crippen molar-refractivity contribution in [2.75, 3.05) is 5.32 Å². The largest absolute Gasteiger partial charge is 0.459 e. The fourth-order valence-corrected chi connectivity index (χ4v) is 3.16. The zero-order chi connectivity index (χ0) is 21.1. The number of benzene rings is 2. The van der Waals surface area contributed by atoms with Gasteiger partial charge in [0.15, 0.2) is 10.9 Å². The van der Waals surface area contributed by atoms with Crippen LogP contribution in [-0.4, -0.2) is 23.1 Å². The first-order chi connectivity index (χ1) is 13.8. The molecule has 6 nitrogen and oxygen atoms in total. The maximum absolute atomic E-state index is 12.6. The number of furan rings is 1. The molecule has 0 aliphatic heterocycles. The lowest BCUT2D eigenvalue weighted by Gasteiger charge is -2.12.